The van der Waals surface area contributed by atoms with E-state index < -0.39 is 11.2 Å². The molecule has 1 aromatic carbocycles. The summed E-state index contributed by atoms with van der Waals surface area (Å²) in [6.45, 7) is -0.170. The Balaban J connectivity index is 1.89. The van der Waals surface area contributed by atoms with Crippen LogP contribution in [0.5, 0.6) is 0 Å². The number of allylic oxidation sites excluding steroid dienone is 2. The van der Waals surface area contributed by atoms with Crippen LogP contribution in [0.4, 0.5) is 0 Å². The summed E-state index contributed by atoms with van der Waals surface area (Å²) < 4.78 is 4.83. The minimum atomic E-state index is -0.544. The molecule has 146 valence electrons. The lowest BCUT2D eigenvalue weighted by molar-refractivity contribution is 0.379. The molecule has 0 unspecified atom stereocenters. The molecular formula is C18H13BrN6O3S. The predicted octanol–water partition coefficient (Wildman–Crippen LogP) is 2.30. The van der Waals surface area contributed by atoms with Crippen molar-refractivity contribution < 1.29 is 5.11 Å². The van der Waals surface area contributed by atoms with Crippen molar-refractivity contribution in [1.82, 2.24) is 23.7 Å². The summed E-state index contributed by atoms with van der Waals surface area (Å²) >= 11 is 4.56. The van der Waals surface area contributed by atoms with E-state index in [1.165, 1.54) is 34.6 Å². The van der Waals surface area contributed by atoms with Crippen LogP contribution in [0, 0.1) is 11.3 Å². The molecule has 0 saturated carbocycles. The van der Waals surface area contributed by atoms with Crippen LogP contribution in [0.2, 0.25) is 0 Å². The van der Waals surface area contributed by atoms with Crippen molar-refractivity contribution in [3.05, 3.63) is 60.6 Å². The quantitative estimate of drug-likeness (QED) is 0.277. The van der Waals surface area contributed by atoms with Crippen molar-refractivity contribution in [1.29, 1.82) is 5.26 Å². The summed E-state index contributed by atoms with van der Waals surface area (Å²) in [4.78, 5) is 33.3. The van der Waals surface area contributed by atoms with E-state index in [4.69, 9.17) is 0 Å². The van der Waals surface area contributed by atoms with Gasteiger partial charge < -0.3 is 5.11 Å². The minimum absolute atomic E-state index is 0.0220. The topological polar surface area (TPSA) is 119 Å². The Labute approximate surface area is 175 Å². The third kappa shape index (κ3) is 2.97. The molecule has 0 aliphatic heterocycles. The van der Waals surface area contributed by atoms with Crippen molar-refractivity contribution in [3.8, 4) is 6.07 Å². The fourth-order valence-electron chi connectivity index (χ4n) is 3.05. The molecule has 0 fully saturated rings. The molecule has 3 aromatic heterocycles. The van der Waals surface area contributed by atoms with Gasteiger partial charge in [0.05, 0.1) is 16.8 Å². The highest BCUT2D eigenvalue weighted by Gasteiger charge is 2.20. The summed E-state index contributed by atoms with van der Waals surface area (Å²) in [6.07, 6.45) is 0. The van der Waals surface area contributed by atoms with Crippen LogP contribution < -0.4 is 11.2 Å². The predicted molar refractivity (Wildman–Crippen MR) is 113 cm³/mol. The zero-order valence-electron chi connectivity index (χ0n) is 15.2. The normalized spacial score (nSPS) is 12.3. The fraction of sp³-hybridized carbons (Fsp3) is 0.167. The largest absolute Gasteiger partial charge is 0.509 e. The zero-order valence-corrected chi connectivity index (χ0v) is 17.7. The van der Waals surface area contributed by atoms with Gasteiger partial charge in [-0.05, 0) is 28.1 Å². The van der Waals surface area contributed by atoms with Gasteiger partial charge in [-0.3, -0.25) is 18.5 Å². The third-order valence-corrected chi connectivity index (χ3v) is 6.17. The highest BCUT2D eigenvalue weighted by molar-refractivity contribution is 9.10. The van der Waals surface area contributed by atoms with E-state index in [0.717, 1.165) is 14.8 Å². The maximum atomic E-state index is 12.4. The highest BCUT2D eigenvalue weighted by Crippen LogP contribution is 2.29. The molecule has 0 radical (unpaired) electrons. The minimum Gasteiger partial charge on any atom is -0.509 e. The van der Waals surface area contributed by atoms with E-state index in [9.17, 15) is 20.0 Å². The summed E-state index contributed by atoms with van der Waals surface area (Å²) in [5.74, 6) is -0.250. The molecule has 0 amide bonds. The zero-order chi connectivity index (χ0) is 20.9. The van der Waals surface area contributed by atoms with Crippen LogP contribution in [0.1, 0.15) is 5.01 Å². The molecule has 0 aliphatic rings. The maximum Gasteiger partial charge on any atom is 0.332 e. The molecule has 29 heavy (non-hydrogen) atoms. The lowest BCUT2D eigenvalue weighted by Crippen LogP contribution is -2.37. The number of para-hydroxylation sites is 1. The Bertz CT molecular complexity index is 1450. The number of aryl methyl sites for hydroxylation is 1. The van der Waals surface area contributed by atoms with Crippen LogP contribution in [-0.2, 0) is 20.6 Å². The van der Waals surface area contributed by atoms with Crippen LogP contribution in [0.25, 0.3) is 27.0 Å². The number of hydrogen-bond donors (Lipinski definition) is 1. The van der Waals surface area contributed by atoms with Crippen molar-refractivity contribution in [2.45, 2.75) is 6.54 Å². The average Bonchev–Trinajstić information content (AvgIpc) is 3.27. The number of thiazole rings is 1. The Kier molecular flexibility index (Phi) is 4.60. The van der Waals surface area contributed by atoms with E-state index in [-0.39, 0.29) is 33.8 Å². The number of benzene rings is 1. The van der Waals surface area contributed by atoms with Gasteiger partial charge in [0.25, 0.3) is 5.56 Å². The van der Waals surface area contributed by atoms with E-state index in [0.29, 0.717) is 5.01 Å². The van der Waals surface area contributed by atoms with Gasteiger partial charge in [0, 0.05) is 14.1 Å². The SMILES string of the molecule is Cn1c(=O)c2nc(Br)n(C/C(O)=C(\C#N)c3nc4ccccc4s3)c2n(C)c1=O. The van der Waals surface area contributed by atoms with Gasteiger partial charge in [-0.25, -0.2) is 14.8 Å². The van der Waals surface area contributed by atoms with E-state index >= 15 is 0 Å². The number of fused-ring (bicyclic) bond motifs is 2. The van der Waals surface area contributed by atoms with Crippen molar-refractivity contribution in [2.75, 3.05) is 0 Å². The number of halogens is 1. The second-order valence-electron chi connectivity index (χ2n) is 6.27. The van der Waals surface area contributed by atoms with Gasteiger partial charge in [-0.1, -0.05) is 12.1 Å². The maximum absolute atomic E-state index is 12.4. The summed E-state index contributed by atoms with van der Waals surface area (Å²) in [5.41, 5.74) is -0.00290. The number of rotatable bonds is 3. The summed E-state index contributed by atoms with van der Waals surface area (Å²) in [7, 11) is 2.88. The monoisotopic (exact) mass is 472 g/mol. The lowest BCUT2D eigenvalue weighted by Gasteiger charge is -2.10. The third-order valence-electron chi connectivity index (χ3n) is 4.51. The van der Waals surface area contributed by atoms with Crippen LogP contribution >= 0.6 is 27.3 Å². The molecule has 0 saturated heterocycles. The molecule has 4 rings (SSSR count). The number of aliphatic hydroxyl groups is 1. The van der Waals surface area contributed by atoms with Gasteiger partial charge in [0.1, 0.15) is 22.4 Å². The molecule has 9 nitrogen and oxygen atoms in total. The summed E-state index contributed by atoms with van der Waals surface area (Å²) in [6, 6.07) is 9.42. The number of aliphatic hydroxyl groups excluding tert-OH is 1. The first-order valence-electron chi connectivity index (χ1n) is 8.33. The number of hydrogen-bond acceptors (Lipinski definition) is 7. The second-order valence-corrected chi connectivity index (χ2v) is 8.01. The number of nitriles is 1. The molecule has 0 aliphatic carbocycles. The molecule has 11 heteroatoms. The van der Waals surface area contributed by atoms with Crippen LogP contribution in [-0.4, -0.2) is 28.8 Å². The Hall–Kier alpha value is -3.23. The van der Waals surface area contributed by atoms with Crippen LogP contribution in [0.3, 0.4) is 0 Å². The lowest BCUT2D eigenvalue weighted by atomic mass is 10.2. The van der Waals surface area contributed by atoms with Gasteiger partial charge >= 0.3 is 5.69 Å². The van der Waals surface area contributed by atoms with Gasteiger partial charge in [0.15, 0.2) is 15.9 Å². The van der Waals surface area contributed by atoms with Gasteiger partial charge in [-0.15, -0.1) is 11.3 Å². The van der Waals surface area contributed by atoms with Crippen molar-refractivity contribution >= 4 is 54.2 Å². The van der Waals surface area contributed by atoms with Crippen molar-refractivity contribution in [3.63, 3.8) is 0 Å². The van der Waals surface area contributed by atoms with E-state index in [2.05, 4.69) is 25.9 Å². The summed E-state index contributed by atoms with van der Waals surface area (Å²) in [5, 5.41) is 20.7. The molecule has 3 heterocycles. The first-order valence-corrected chi connectivity index (χ1v) is 9.94. The van der Waals surface area contributed by atoms with E-state index in [1.54, 1.807) is 0 Å². The first-order chi connectivity index (χ1) is 13.8. The molecule has 0 atom stereocenters. The second kappa shape index (κ2) is 6.98. The smallest absolute Gasteiger partial charge is 0.332 e. The molecule has 1 N–H and O–H groups in total. The number of aromatic nitrogens is 5. The molecule has 0 bridgehead atoms. The number of nitrogens with zero attached hydrogens (tertiary/aromatic N) is 6. The van der Waals surface area contributed by atoms with Gasteiger partial charge in [0.2, 0.25) is 0 Å². The standard InChI is InChI=1S/C18H13BrN6O3S/c1-23-15-13(16(27)24(2)18(23)28)22-17(19)25(15)8-11(26)9(7-20)14-21-10-5-3-4-6-12(10)29-14/h3-6,26H,8H2,1-2H3/b11-9-. The molecule has 0 spiro atoms. The Morgan fingerprint density at radius 1 is 1.24 bits per heavy atom. The molecule has 4 aromatic rings. The Morgan fingerprint density at radius 2 is 1.97 bits per heavy atom. The van der Waals surface area contributed by atoms with Crippen molar-refractivity contribution in [2.24, 2.45) is 14.1 Å². The molecular weight excluding hydrogens is 460 g/mol. The average molecular weight is 473 g/mol. The fourth-order valence-corrected chi connectivity index (χ4v) is 4.50. The van der Waals surface area contributed by atoms with Gasteiger partial charge in [-0.2, -0.15) is 5.26 Å². The first kappa shape index (κ1) is 19.1. The van der Waals surface area contributed by atoms with E-state index in [1.807, 2.05) is 30.3 Å². The van der Waals surface area contributed by atoms with Crippen LogP contribution in [0.15, 0.2) is 44.3 Å². The Morgan fingerprint density at radius 3 is 2.66 bits per heavy atom. The number of imidazole rings is 1. The highest BCUT2D eigenvalue weighted by atomic mass is 79.9.